The SMILES string of the molecule is O=C(Nc1ccccc1C(F)(F)F)C1CCCOC1. The van der Waals surface area contributed by atoms with Gasteiger partial charge in [-0.3, -0.25) is 4.79 Å². The number of rotatable bonds is 2. The molecule has 1 unspecified atom stereocenters. The number of nitrogens with one attached hydrogen (secondary N) is 1. The van der Waals surface area contributed by atoms with Gasteiger partial charge in [-0.1, -0.05) is 12.1 Å². The number of halogens is 3. The van der Waals surface area contributed by atoms with Gasteiger partial charge in [0.2, 0.25) is 5.91 Å². The summed E-state index contributed by atoms with van der Waals surface area (Å²) in [7, 11) is 0. The number of benzene rings is 1. The van der Waals surface area contributed by atoms with Crippen LogP contribution in [0.5, 0.6) is 0 Å². The molecule has 3 nitrogen and oxygen atoms in total. The maximum absolute atomic E-state index is 12.8. The third-order valence-corrected chi connectivity index (χ3v) is 3.02. The summed E-state index contributed by atoms with van der Waals surface area (Å²) in [5.41, 5.74) is -1.04. The van der Waals surface area contributed by atoms with Gasteiger partial charge in [-0.25, -0.2) is 0 Å². The molecule has 1 heterocycles. The van der Waals surface area contributed by atoms with E-state index in [9.17, 15) is 18.0 Å². The van der Waals surface area contributed by atoms with Gasteiger partial charge in [0.1, 0.15) is 0 Å². The predicted molar refractivity (Wildman–Crippen MR) is 63.6 cm³/mol. The molecular formula is C13H14F3NO2. The van der Waals surface area contributed by atoms with Gasteiger partial charge in [-0.15, -0.1) is 0 Å². The van der Waals surface area contributed by atoms with Crippen molar-refractivity contribution in [2.75, 3.05) is 18.5 Å². The molecule has 1 atom stereocenters. The van der Waals surface area contributed by atoms with Crippen LogP contribution in [0.1, 0.15) is 18.4 Å². The topological polar surface area (TPSA) is 38.3 Å². The minimum absolute atomic E-state index is 0.203. The molecule has 1 fully saturated rings. The first-order valence-corrected chi connectivity index (χ1v) is 6.03. The molecule has 0 aliphatic carbocycles. The van der Waals surface area contributed by atoms with Gasteiger partial charge >= 0.3 is 6.18 Å². The smallest absolute Gasteiger partial charge is 0.381 e. The van der Waals surface area contributed by atoms with Crippen molar-refractivity contribution in [3.63, 3.8) is 0 Å². The Bertz CT molecular complexity index is 453. The first kappa shape index (κ1) is 13.9. The number of carbonyl (C=O) groups excluding carboxylic acids is 1. The van der Waals surface area contributed by atoms with Crippen LogP contribution in [0.25, 0.3) is 0 Å². The van der Waals surface area contributed by atoms with Gasteiger partial charge in [0.05, 0.1) is 23.8 Å². The molecule has 0 saturated carbocycles. The maximum atomic E-state index is 12.8. The lowest BCUT2D eigenvalue weighted by Gasteiger charge is -2.22. The Morgan fingerprint density at radius 1 is 1.32 bits per heavy atom. The van der Waals surface area contributed by atoms with E-state index < -0.39 is 17.6 Å². The predicted octanol–water partition coefficient (Wildman–Crippen LogP) is 3.07. The molecule has 104 valence electrons. The molecule has 0 bridgehead atoms. The van der Waals surface area contributed by atoms with Gasteiger partial charge < -0.3 is 10.1 Å². The number of carbonyl (C=O) groups is 1. The third-order valence-electron chi connectivity index (χ3n) is 3.02. The van der Waals surface area contributed by atoms with Gasteiger partial charge in [0.25, 0.3) is 0 Å². The minimum atomic E-state index is -4.48. The summed E-state index contributed by atoms with van der Waals surface area (Å²) in [6.07, 6.45) is -3.09. The van der Waals surface area contributed by atoms with E-state index in [0.717, 1.165) is 12.5 Å². The van der Waals surface area contributed by atoms with Crippen molar-refractivity contribution >= 4 is 11.6 Å². The highest BCUT2D eigenvalue weighted by atomic mass is 19.4. The number of alkyl halides is 3. The second-order valence-electron chi connectivity index (χ2n) is 4.45. The molecule has 0 radical (unpaired) electrons. The van der Waals surface area contributed by atoms with Crippen LogP contribution in [0.4, 0.5) is 18.9 Å². The van der Waals surface area contributed by atoms with Crippen molar-refractivity contribution in [3.8, 4) is 0 Å². The van der Waals surface area contributed by atoms with Crippen LogP contribution in [0.2, 0.25) is 0 Å². The quantitative estimate of drug-likeness (QED) is 0.899. The van der Waals surface area contributed by atoms with E-state index in [2.05, 4.69) is 5.32 Å². The molecule has 1 aromatic rings. The number of amides is 1. The van der Waals surface area contributed by atoms with Crippen molar-refractivity contribution in [1.82, 2.24) is 0 Å². The zero-order valence-corrected chi connectivity index (χ0v) is 10.2. The molecule has 1 aliphatic heterocycles. The van der Waals surface area contributed by atoms with Crippen molar-refractivity contribution in [3.05, 3.63) is 29.8 Å². The largest absolute Gasteiger partial charge is 0.418 e. The fraction of sp³-hybridized carbons (Fsp3) is 0.462. The second-order valence-corrected chi connectivity index (χ2v) is 4.45. The fourth-order valence-corrected chi connectivity index (χ4v) is 2.02. The van der Waals surface area contributed by atoms with Crippen molar-refractivity contribution < 1.29 is 22.7 Å². The van der Waals surface area contributed by atoms with Crippen LogP contribution in [0.3, 0.4) is 0 Å². The zero-order chi connectivity index (χ0) is 13.9. The summed E-state index contributed by atoms with van der Waals surface area (Å²) in [5, 5.41) is 2.35. The van der Waals surface area contributed by atoms with E-state index in [1.165, 1.54) is 18.2 Å². The summed E-state index contributed by atoms with van der Waals surface area (Å²) < 4.78 is 43.5. The van der Waals surface area contributed by atoms with Gasteiger partial charge in [0, 0.05) is 6.61 Å². The van der Waals surface area contributed by atoms with Crippen molar-refractivity contribution in [1.29, 1.82) is 0 Å². The molecule has 1 saturated heterocycles. The number of para-hydroxylation sites is 1. The van der Waals surface area contributed by atoms with E-state index in [1.54, 1.807) is 0 Å². The zero-order valence-electron chi connectivity index (χ0n) is 10.2. The molecule has 1 aromatic carbocycles. The lowest BCUT2D eigenvalue weighted by atomic mass is 10.0. The van der Waals surface area contributed by atoms with Crippen LogP contribution in [-0.4, -0.2) is 19.1 Å². The normalized spacial score (nSPS) is 20.1. The first-order valence-electron chi connectivity index (χ1n) is 6.03. The Morgan fingerprint density at radius 3 is 2.68 bits per heavy atom. The molecule has 2 rings (SSSR count). The molecule has 1 N–H and O–H groups in total. The molecule has 1 amide bonds. The van der Waals surface area contributed by atoms with E-state index >= 15 is 0 Å². The minimum Gasteiger partial charge on any atom is -0.381 e. The Balaban J connectivity index is 2.12. The van der Waals surface area contributed by atoms with Gasteiger partial charge in [0.15, 0.2) is 0 Å². The molecule has 6 heteroatoms. The first-order chi connectivity index (χ1) is 8.98. The van der Waals surface area contributed by atoms with Crippen LogP contribution < -0.4 is 5.32 Å². The van der Waals surface area contributed by atoms with E-state index in [4.69, 9.17) is 4.74 Å². The highest BCUT2D eigenvalue weighted by Gasteiger charge is 2.34. The third kappa shape index (κ3) is 3.47. The average Bonchev–Trinajstić information content (AvgIpc) is 2.39. The molecule has 1 aliphatic rings. The molecular weight excluding hydrogens is 259 g/mol. The fourth-order valence-electron chi connectivity index (χ4n) is 2.02. The number of anilines is 1. The summed E-state index contributed by atoms with van der Waals surface area (Å²) in [6, 6.07) is 4.96. The number of hydrogen-bond acceptors (Lipinski definition) is 2. The van der Waals surface area contributed by atoms with Gasteiger partial charge in [-0.2, -0.15) is 13.2 Å². The summed E-state index contributed by atoms with van der Waals surface area (Å²) >= 11 is 0. The molecule has 19 heavy (non-hydrogen) atoms. The summed E-state index contributed by atoms with van der Waals surface area (Å²) in [6.45, 7) is 0.864. The molecule has 0 spiro atoms. The number of ether oxygens (including phenoxy) is 1. The summed E-state index contributed by atoms with van der Waals surface area (Å²) in [5.74, 6) is -0.800. The second kappa shape index (κ2) is 5.61. The highest BCUT2D eigenvalue weighted by Crippen LogP contribution is 2.34. The lowest BCUT2D eigenvalue weighted by molar-refractivity contribution is -0.137. The van der Waals surface area contributed by atoms with E-state index in [0.29, 0.717) is 13.0 Å². The standard InChI is InChI=1S/C13H14F3NO2/c14-13(15,16)10-5-1-2-6-11(10)17-12(18)9-4-3-7-19-8-9/h1-2,5-6,9H,3-4,7-8H2,(H,17,18). The van der Waals surface area contributed by atoms with Crippen molar-refractivity contribution in [2.45, 2.75) is 19.0 Å². The Morgan fingerprint density at radius 2 is 2.05 bits per heavy atom. The average molecular weight is 273 g/mol. The van der Waals surface area contributed by atoms with Crippen LogP contribution in [-0.2, 0) is 15.7 Å². The van der Waals surface area contributed by atoms with E-state index in [-0.39, 0.29) is 18.2 Å². The van der Waals surface area contributed by atoms with Gasteiger partial charge in [-0.05, 0) is 25.0 Å². The number of hydrogen-bond donors (Lipinski definition) is 1. The Hall–Kier alpha value is -1.56. The lowest BCUT2D eigenvalue weighted by Crippen LogP contribution is -2.30. The maximum Gasteiger partial charge on any atom is 0.418 e. The Kier molecular flexibility index (Phi) is 4.09. The van der Waals surface area contributed by atoms with Crippen LogP contribution in [0.15, 0.2) is 24.3 Å². The summed E-state index contributed by atoms with van der Waals surface area (Å²) in [4.78, 5) is 11.9. The van der Waals surface area contributed by atoms with E-state index in [1.807, 2.05) is 0 Å². The van der Waals surface area contributed by atoms with Crippen molar-refractivity contribution in [2.24, 2.45) is 5.92 Å². The van der Waals surface area contributed by atoms with Crippen LogP contribution >= 0.6 is 0 Å². The molecule has 0 aromatic heterocycles. The Labute approximate surface area is 108 Å². The monoisotopic (exact) mass is 273 g/mol. The highest BCUT2D eigenvalue weighted by molar-refractivity contribution is 5.93. The van der Waals surface area contributed by atoms with Crippen LogP contribution in [0, 0.1) is 5.92 Å².